The predicted octanol–water partition coefficient (Wildman–Crippen LogP) is 4.03. The first-order valence-corrected chi connectivity index (χ1v) is 11.8. The van der Waals surface area contributed by atoms with Crippen LogP contribution in [0.1, 0.15) is 50.7 Å². The van der Waals surface area contributed by atoms with Crippen molar-refractivity contribution in [3.63, 3.8) is 0 Å². The molecule has 2 N–H and O–H groups in total. The van der Waals surface area contributed by atoms with Crippen molar-refractivity contribution >= 4 is 23.3 Å². The van der Waals surface area contributed by atoms with E-state index >= 15 is 0 Å². The highest BCUT2D eigenvalue weighted by molar-refractivity contribution is 7.80. The molecule has 178 valence electrons. The number of pyridine rings is 1. The zero-order valence-electron chi connectivity index (χ0n) is 20.2. The summed E-state index contributed by atoms with van der Waals surface area (Å²) >= 11 is 5.79. The highest BCUT2D eigenvalue weighted by Gasteiger charge is 2.41. The summed E-state index contributed by atoms with van der Waals surface area (Å²) in [7, 11) is 4.11. The fourth-order valence-electron chi connectivity index (χ4n) is 4.73. The van der Waals surface area contributed by atoms with Crippen molar-refractivity contribution in [3.8, 4) is 5.69 Å². The van der Waals surface area contributed by atoms with Crippen LogP contribution in [0.5, 0.6) is 0 Å². The van der Waals surface area contributed by atoms with Crippen molar-refractivity contribution in [2.24, 2.45) is 0 Å². The maximum Gasteiger partial charge on any atom is 0.335 e. The summed E-state index contributed by atoms with van der Waals surface area (Å²) in [6.07, 6.45) is 1.81. The number of aromatic carboxylic acids is 1. The molecule has 0 aliphatic carbocycles. The molecule has 0 unspecified atom stereocenters. The number of carboxylic acid groups (broad SMARTS) is 1. The molecule has 0 saturated carbocycles. The minimum Gasteiger partial charge on any atom is -0.478 e. The average Bonchev–Trinajstić information content (AvgIpc) is 3.28. The minimum atomic E-state index is -0.931. The lowest BCUT2D eigenvalue weighted by molar-refractivity contribution is 0.0697. The number of carboxylic acids is 1. The average molecular weight is 478 g/mol. The highest BCUT2D eigenvalue weighted by atomic mass is 32.1. The topological polar surface area (TPSA) is 73.6 Å². The Balaban J connectivity index is 1.84. The summed E-state index contributed by atoms with van der Waals surface area (Å²) in [6.45, 7) is 7.81. The third-order valence-corrected chi connectivity index (χ3v) is 6.82. The molecule has 1 aliphatic heterocycles. The lowest BCUT2D eigenvalue weighted by atomic mass is 9.96. The van der Waals surface area contributed by atoms with Gasteiger partial charge in [-0.05, 0) is 88.5 Å². The van der Waals surface area contributed by atoms with E-state index in [-0.39, 0.29) is 17.6 Å². The van der Waals surface area contributed by atoms with Crippen LogP contribution in [-0.4, -0.2) is 62.7 Å². The van der Waals surface area contributed by atoms with Gasteiger partial charge in [-0.3, -0.25) is 4.98 Å². The molecular formula is C26H31N5O2S. The summed E-state index contributed by atoms with van der Waals surface area (Å²) in [5, 5.41) is 13.8. The van der Waals surface area contributed by atoms with E-state index in [1.165, 1.54) is 0 Å². The molecule has 1 saturated heterocycles. The monoisotopic (exact) mass is 477 g/mol. The molecule has 34 heavy (non-hydrogen) atoms. The number of nitrogens with zero attached hydrogens (tertiary/aromatic N) is 4. The Hall–Kier alpha value is -3.23. The van der Waals surface area contributed by atoms with Gasteiger partial charge in [0.1, 0.15) is 0 Å². The summed E-state index contributed by atoms with van der Waals surface area (Å²) in [4.78, 5) is 20.7. The predicted molar refractivity (Wildman–Crippen MR) is 138 cm³/mol. The Labute approximate surface area is 206 Å². The maximum absolute atomic E-state index is 11.6. The zero-order valence-corrected chi connectivity index (χ0v) is 21.1. The summed E-state index contributed by atoms with van der Waals surface area (Å²) < 4.78 is 2.15. The van der Waals surface area contributed by atoms with Crippen LogP contribution in [0.4, 0.5) is 0 Å². The molecule has 1 fully saturated rings. The lowest BCUT2D eigenvalue weighted by Crippen LogP contribution is -2.35. The molecule has 2 atom stereocenters. The molecule has 4 rings (SSSR count). The van der Waals surface area contributed by atoms with Gasteiger partial charge >= 0.3 is 5.97 Å². The third-order valence-electron chi connectivity index (χ3n) is 6.47. The van der Waals surface area contributed by atoms with E-state index in [1.54, 1.807) is 12.1 Å². The van der Waals surface area contributed by atoms with Crippen LogP contribution < -0.4 is 5.32 Å². The number of nitrogens with one attached hydrogen (secondary N) is 1. The molecule has 0 amide bonds. The first-order chi connectivity index (χ1) is 16.2. The number of likely N-dealkylation sites (N-methyl/N-ethyl adjacent to an activating group) is 1. The van der Waals surface area contributed by atoms with E-state index in [4.69, 9.17) is 12.2 Å². The molecule has 0 bridgehead atoms. The van der Waals surface area contributed by atoms with Gasteiger partial charge in [0.2, 0.25) is 0 Å². The zero-order chi connectivity index (χ0) is 24.6. The number of hydrogen-bond donors (Lipinski definition) is 2. The molecule has 7 nitrogen and oxygen atoms in total. The van der Waals surface area contributed by atoms with E-state index in [2.05, 4.69) is 58.7 Å². The van der Waals surface area contributed by atoms with Crippen LogP contribution in [-0.2, 0) is 0 Å². The number of carbonyl (C=O) groups is 1. The second-order valence-electron chi connectivity index (χ2n) is 9.09. The van der Waals surface area contributed by atoms with Gasteiger partial charge in [0.05, 0.1) is 23.3 Å². The lowest BCUT2D eigenvalue weighted by Gasteiger charge is -2.29. The van der Waals surface area contributed by atoms with Gasteiger partial charge in [-0.2, -0.15) is 0 Å². The van der Waals surface area contributed by atoms with Crippen LogP contribution in [0.3, 0.4) is 0 Å². The number of hydrogen-bond acceptors (Lipinski definition) is 4. The Morgan fingerprint density at radius 3 is 2.59 bits per heavy atom. The van der Waals surface area contributed by atoms with Crippen molar-refractivity contribution in [2.45, 2.75) is 32.9 Å². The van der Waals surface area contributed by atoms with Crippen LogP contribution in [0.2, 0.25) is 0 Å². The van der Waals surface area contributed by atoms with Gasteiger partial charge in [-0.25, -0.2) is 4.79 Å². The molecule has 1 aliphatic rings. The first-order valence-electron chi connectivity index (χ1n) is 11.3. The van der Waals surface area contributed by atoms with E-state index in [0.29, 0.717) is 0 Å². The molecule has 3 aromatic rings. The van der Waals surface area contributed by atoms with Crippen LogP contribution in [0.25, 0.3) is 5.69 Å². The number of benzene rings is 1. The third kappa shape index (κ3) is 4.43. The number of thiocarbonyl (C=S) groups is 1. The fourth-order valence-corrected chi connectivity index (χ4v) is 5.07. The normalized spacial score (nSPS) is 17.9. The summed E-state index contributed by atoms with van der Waals surface area (Å²) in [5.41, 5.74) is 6.37. The van der Waals surface area contributed by atoms with Gasteiger partial charge in [0, 0.05) is 36.4 Å². The molecule has 8 heteroatoms. The molecule has 1 aromatic carbocycles. The Bertz CT molecular complexity index is 1220. The maximum atomic E-state index is 11.6. The summed E-state index contributed by atoms with van der Waals surface area (Å²) in [5.74, 6) is -0.931. The highest BCUT2D eigenvalue weighted by Crippen LogP contribution is 2.41. The molecular weight excluding hydrogens is 446 g/mol. The first kappa shape index (κ1) is 23.9. The number of aryl methyl sites for hydroxylation is 2. The van der Waals surface area contributed by atoms with Crippen molar-refractivity contribution in [1.29, 1.82) is 0 Å². The van der Waals surface area contributed by atoms with Gasteiger partial charge in [0.25, 0.3) is 0 Å². The SMILES string of the molecule is Cc1ccc(C(=O)O)cc1-n1c(C)cc([C@H]2[C@@H](c3ccccn3)NC(=S)N2CCN(C)C)c1C. The van der Waals surface area contributed by atoms with E-state index < -0.39 is 5.97 Å². The van der Waals surface area contributed by atoms with Gasteiger partial charge in [-0.1, -0.05) is 12.1 Å². The van der Waals surface area contributed by atoms with E-state index in [1.807, 2.05) is 37.4 Å². The van der Waals surface area contributed by atoms with Crippen molar-refractivity contribution < 1.29 is 9.90 Å². The molecule has 0 radical (unpaired) electrons. The minimum absolute atomic E-state index is 0.0368. The molecule has 3 heterocycles. The van der Waals surface area contributed by atoms with Gasteiger partial charge in [-0.15, -0.1) is 0 Å². The van der Waals surface area contributed by atoms with Crippen molar-refractivity contribution in [1.82, 2.24) is 24.7 Å². The number of aromatic nitrogens is 2. The van der Waals surface area contributed by atoms with Crippen molar-refractivity contribution in [2.75, 3.05) is 27.2 Å². The van der Waals surface area contributed by atoms with Crippen molar-refractivity contribution in [3.05, 3.63) is 82.4 Å². The van der Waals surface area contributed by atoms with Gasteiger partial charge in [0.15, 0.2) is 5.11 Å². The molecule has 0 spiro atoms. The fraction of sp³-hybridized carbons (Fsp3) is 0.346. The van der Waals surface area contributed by atoms with Crippen LogP contribution in [0.15, 0.2) is 48.7 Å². The van der Waals surface area contributed by atoms with Crippen LogP contribution >= 0.6 is 12.2 Å². The summed E-state index contributed by atoms with van der Waals surface area (Å²) in [6, 6.07) is 13.3. The Kier molecular flexibility index (Phi) is 6.72. The second kappa shape index (κ2) is 9.56. The van der Waals surface area contributed by atoms with Crippen LogP contribution in [0, 0.1) is 20.8 Å². The van der Waals surface area contributed by atoms with E-state index in [9.17, 15) is 9.90 Å². The molecule has 2 aromatic heterocycles. The Morgan fingerprint density at radius 1 is 1.18 bits per heavy atom. The number of rotatable bonds is 7. The quantitative estimate of drug-likeness (QED) is 0.498. The smallest absolute Gasteiger partial charge is 0.335 e. The second-order valence-corrected chi connectivity index (χ2v) is 9.48. The van der Waals surface area contributed by atoms with E-state index in [0.717, 1.165) is 52.1 Å². The standard InChI is InChI=1S/C26H31N5O2S/c1-16-9-10-19(25(32)33)15-22(16)31-17(2)14-20(18(31)3)24-23(21-8-6-7-11-27-21)28-26(34)30(24)13-12-29(4)5/h6-11,14-15,23-24H,12-13H2,1-5H3,(H,28,34)(H,32,33)/t23-,24+/m1/s1. The Morgan fingerprint density at radius 2 is 1.94 bits per heavy atom. The van der Waals surface area contributed by atoms with Gasteiger partial charge < -0.3 is 24.8 Å². The largest absolute Gasteiger partial charge is 0.478 e.